The number of sulfonamides is 1. The molecular weight excluding hydrogens is 197 g/mol. The summed E-state index contributed by atoms with van der Waals surface area (Å²) in [7, 11) is 0.660. The minimum absolute atomic E-state index is 2.00. The zero-order chi connectivity index (χ0) is 10.6. The molecule has 12 heavy (non-hydrogen) atoms. The van der Waals surface area contributed by atoms with Crippen LogP contribution >= 0.6 is 0 Å². The van der Waals surface area contributed by atoms with Crippen molar-refractivity contribution < 1.29 is 21.6 Å². The summed E-state index contributed by atoms with van der Waals surface area (Å²) in [6.07, 6.45) is 0. The van der Waals surface area contributed by atoms with Crippen molar-refractivity contribution in [1.82, 2.24) is 4.90 Å². The van der Waals surface area contributed by atoms with Crippen LogP contribution in [-0.2, 0) is 10.0 Å². The van der Waals surface area contributed by atoms with Crippen molar-refractivity contribution in [3.8, 4) is 0 Å². The fraction of sp³-hybridized carbons (Fsp3) is 1.00. The van der Waals surface area contributed by atoms with E-state index in [1.807, 2.05) is 26.0 Å². The molecule has 0 aromatic rings. The largest absolute Gasteiger partial charge is 0.511 e. The Bertz CT molecular complexity index is 206. The SMILES string of the molecule is CN(C)C.NS(=O)(=O)C(F)(F)F. The van der Waals surface area contributed by atoms with Crippen LogP contribution in [-0.4, -0.2) is 40.0 Å². The molecule has 0 saturated heterocycles. The second kappa shape index (κ2) is 4.63. The van der Waals surface area contributed by atoms with Gasteiger partial charge in [0.25, 0.3) is 0 Å². The molecule has 0 aromatic carbocycles. The van der Waals surface area contributed by atoms with Crippen LogP contribution < -0.4 is 5.14 Å². The molecule has 0 bridgehead atoms. The number of halogens is 3. The molecule has 0 aliphatic carbocycles. The van der Waals surface area contributed by atoms with Crippen LogP contribution in [0.2, 0.25) is 0 Å². The number of rotatable bonds is 0. The average molecular weight is 208 g/mol. The van der Waals surface area contributed by atoms with E-state index in [4.69, 9.17) is 0 Å². The molecule has 0 rings (SSSR count). The summed E-state index contributed by atoms with van der Waals surface area (Å²) in [5, 5.41) is 3.66. The Morgan fingerprint density at radius 1 is 1.17 bits per heavy atom. The zero-order valence-electron chi connectivity index (χ0n) is 6.88. The quantitative estimate of drug-likeness (QED) is 0.608. The topological polar surface area (TPSA) is 63.4 Å². The molecule has 0 radical (unpaired) electrons. The van der Waals surface area contributed by atoms with Crippen molar-refractivity contribution in [2.24, 2.45) is 5.14 Å². The Kier molecular flexibility index (Phi) is 5.48. The van der Waals surface area contributed by atoms with Gasteiger partial charge in [-0.15, -0.1) is 0 Å². The third kappa shape index (κ3) is 9.66. The van der Waals surface area contributed by atoms with E-state index in [0.29, 0.717) is 0 Å². The van der Waals surface area contributed by atoms with Gasteiger partial charge in [0, 0.05) is 0 Å². The van der Waals surface area contributed by atoms with Crippen LogP contribution in [0.15, 0.2) is 0 Å². The van der Waals surface area contributed by atoms with E-state index in [9.17, 15) is 21.6 Å². The summed E-state index contributed by atoms with van der Waals surface area (Å²) in [5.41, 5.74) is -5.31. The van der Waals surface area contributed by atoms with Gasteiger partial charge in [-0.3, -0.25) is 0 Å². The lowest BCUT2D eigenvalue weighted by Crippen LogP contribution is -2.30. The number of nitrogens with zero attached hydrogens (tertiary/aromatic N) is 1. The van der Waals surface area contributed by atoms with Gasteiger partial charge >= 0.3 is 15.5 Å². The third-order valence-corrected chi connectivity index (χ3v) is 0.968. The maximum absolute atomic E-state index is 10.8. The number of hydrogen-bond acceptors (Lipinski definition) is 3. The highest BCUT2D eigenvalue weighted by Gasteiger charge is 2.42. The number of primary sulfonamides is 1. The summed E-state index contributed by atoms with van der Waals surface area (Å²) in [5.74, 6) is 0. The lowest BCUT2D eigenvalue weighted by atomic mass is 11.0. The summed E-state index contributed by atoms with van der Waals surface area (Å²) in [6.45, 7) is 0. The van der Waals surface area contributed by atoms with Crippen LogP contribution in [0.3, 0.4) is 0 Å². The van der Waals surface area contributed by atoms with Crippen molar-refractivity contribution in [2.75, 3.05) is 21.1 Å². The van der Waals surface area contributed by atoms with E-state index in [-0.39, 0.29) is 0 Å². The molecule has 0 saturated carbocycles. The molecule has 0 amide bonds. The van der Waals surface area contributed by atoms with E-state index in [2.05, 4.69) is 5.14 Å². The van der Waals surface area contributed by atoms with Crippen LogP contribution in [0.4, 0.5) is 13.2 Å². The fourth-order valence-corrected chi connectivity index (χ4v) is 0. The predicted molar refractivity (Wildman–Crippen MR) is 38.8 cm³/mol. The summed E-state index contributed by atoms with van der Waals surface area (Å²) >= 11 is 0. The molecule has 0 unspecified atom stereocenters. The molecular formula is C4H11F3N2O2S. The molecule has 0 aromatic heterocycles. The predicted octanol–water partition coefficient (Wildman–Crippen LogP) is -0.0275. The average Bonchev–Trinajstić information content (AvgIpc) is 1.55. The van der Waals surface area contributed by atoms with E-state index < -0.39 is 15.5 Å². The minimum Gasteiger partial charge on any atom is -0.312 e. The minimum atomic E-state index is -5.34. The van der Waals surface area contributed by atoms with E-state index in [0.717, 1.165) is 0 Å². The van der Waals surface area contributed by atoms with Crippen molar-refractivity contribution >= 4 is 10.0 Å². The molecule has 0 spiro atoms. The highest BCUT2D eigenvalue weighted by Crippen LogP contribution is 2.18. The van der Waals surface area contributed by atoms with Gasteiger partial charge in [0.05, 0.1) is 0 Å². The van der Waals surface area contributed by atoms with Gasteiger partial charge < -0.3 is 4.90 Å². The first-order valence-electron chi connectivity index (χ1n) is 2.68. The normalized spacial score (nSPS) is 12.3. The Morgan fingerprint density at radius 3 is 1.25 bits per heavy atom. The Hall–Kier alpha value is -0.340. The first-order chi connectivity index (χ1) is 4.98. The molecule has 0 atom stereocenters. The lowest BCUT2D eigenvalue weighted by molar-refractivity contribution is -0.0436. The van der Waals surface area contributed by atoms with Crippen LogP contribution in [0.1, 0.15) is 0 Å². The Labute approximate surface area is 69.2 Å². The molecule has 0 heterocycles. The number of nitrogens with two attached hydrogens (primary N) is 1. The fourth-order valence-electron chi connectivity index (χ4n) is 0. The van der Waals surface area contributed by atoms with Gasteiger partial charge in [-0.2, -0.15) is 13.2 Å². The number of hydrogen-bond donors (Lipinski definition) is 1. The van der Waals surface area contributed by atoms with Crippen molar-refractivity contribution in [3.63, 3.8) is 0 Å². The van der Waals surface area contributed by atoms with Gasteiger partial charge in [0.1, 0.15) is 0 Å². The van der Waals surface area contributed by atoms with Gasteiger partial charge in [0.2, 0.25) is 0 Å². The summed E-state index contributed by atoms with van der Waals surface area (Å²) < 4.78 is 51.2. The lowest BCUT2D eigenvalue weighted by Gasteiger charge is -1.98. The molecule has 8 heteroatoms. The van der Waals surface area contributed by atoms with Gasteiger partial charge in [-0.1, -0.05) is 0 Å². The zero-order valence-corrected chi connectivity index (χ0v) is 7.70. The first-order valence-corrected chi connectivity index (χ1v) is 4.23. The molecule has 0 fully saturated rings. The molecule has 76 valence electrons. The highest BCUT2D eigenvalue weighted by atomic mass is 32.2. The van der Waals surface area contributed by atoms with E-state index in [1.54, 1.807) is 0 Å². The summed E-state index contributed by atoms with van der Waals surface area (Å²) in [6, 6.07) is 0. The van der Waals surface area contributed by atoms with Crippen molar-refractivity contribution in [1.29, 1.82) is 0 Å². The second-order valence-electron chi connectivity index (χ2n) is 2.33. The Morgan fingerprint density at radius 2 is 1.25 bits per heavy atom. The highest BCUT2D eigenvalue weighted by molar-refractivity contribution is 7.90. The number of alkyl halides is 3. The third-order valence-electron chi connectivity index (χ3n) is 0.323. The van der Waals surface area contributed by atoms with Gasteiger partial charge in [0.15, 0.2) is 0 Å². The maximum atomic E-state index is 10.8. The molecule has 0 aliphatic rings. The maximum Gasteiger partial charge on any atom is 0.511 e. The summed E-state index contributed by atoms with van der Waals surface area (Å²) in [4.78, 5) is 2.00. The van der Waals surface area contributed by atoms with E-state index >= 15 is 0 Å². The van der Waals surface area contributed by atoms with Crippen LogP contribution in [0, 0.1) is 0 Å². The van der Waals surface area contributed by atoms with E-state index in [1.165, 1.54) is 0 Å². The smallest absolute Gasteiger partial charge is 0.312 e. The molecule has 4 nitrogen and oxygen atoms in total. The van der Waals surface area contributed by atoms with Crippen LogP contribution in [0.25, 0.3) is 0 Å². The van der Waals surface area contributed by atoms with Gasteiger partial charge in [-0.25, -0.2) is 13.6 Å². The molecule has 2 N–H and O–H groups in total. The monoisotopic (exact) mass is 208 g/mol. The van der Waals surface area contributed by atoms with Crippen molar-refractivity contribution in [2.45, 2.75) is 5.51 Å². The van der Waals surface area contributed by atoms with Gasteiger partial charge in [-0.05, 0) is 21.1 Å². The standard InChI is InChI=1S/C3H9N.CH2F3NO2S/c1-4(2)3;2-1(3,4)8(5,6)7/h1-3H3;(H2,5,6,7). The molecule has 0 aliphatic heterocycles. The first kappa shape index (κ1) is 14.2. The Balaban J connectivity index is 0. The second-order valence-corrected chi connectivity index (χ2v) is 3.89. The van der Waals surface area contributed by atoms with Crippen molar-refractivity contribution in [3.05, 3.63) is 0 Å². The van der Waals surface area contributed by atoms with Crippen LogP contribution in [0.5, 0.6) is 0 Å².